The number of rotatable bonds is 2. The molecule has 27 heavy (non-hydrogen) atoms. The minimum Gasteiger partial charge on any atom is -0.495 e. The molecule has 1 saturated heterocycles. The number of ether oxygens (including phenoxy) is 4. The van der Waals surface area contributed by atoms with Crippen molar-refractivity contribution < 1.29 is 18.9 Å². The summed E-state index contributed by atoms with van der Waals surface area (Å²) in [7, 11) is 1.63. The summed E-state index contributed by atoms with van der Waals surface area (Å²) in [6.45, 7) is 1.68. The van der Waals surface area contributed by atoms with Crippen molar-refractivity contribution in [3.8, 4) is 22.6 Å². The maximum Gasteiger partial charge on any atom is 0.283 e. The Morgan fingerprint density at radius 3 is 2.96 bits per heavy atom. The van der Waals surface area contributed by atoms with Crippen molar-refractivity contribution in [3.05, 3.63) is 42.2 Å². The second kappa shape index (κ2) is 6.13. The van der Waals surface area contributed by atoms with Gasteiger partial charge in [-0.1, -0.05) is 6.07 Å². The Morgan fingerprint density at radius 2 is 2.15 bits per heavy atom. The fourth-order valence-electron chi connectivity index (χ4n) is 4.28. The van der Waals surface area contributed by atoms with Crippen LogP contribution in [0.4, 0.5) is 0 Å². The second-order valence-electron chi connectivity index (χ2n) is 7.11. The molecule has 0 amide bonds. The first-order valence-corrected chi connectivity index (χ1v) is 9.06. The van der Waals surface area contributed by atoms with Gasteiger partial charge in [-0.3, -0.25) is 4.98 Å². The Bertz CT molecular complexity index is 916. The first-order chi connectivity index (χ1) is 13.2. The number of hydrogen-bond acceptors (Lipinski definition) is 7. The number of methoxy groups -OCH3 is 1. The normalized spacial score (nSPS) is 28.6. The fourth-order valence-corrected chi connectivity index (χ4v) is 4.28. The fraction of sp³-hybridized carbons (Fsp3) is 0.400. The molecule has 1 spiro atoms. The van der Waals surface area contributed by atoms with E-state index in [1.165, 1.54) is 0 Å². The van der Waals surface area contributed by atoms with Crippen molar-refractivity contribution in [1.82, 2.24) is 4.98 Å². The first kappa shape index (κ1) is 16.4. The maximum absolute atomic E-state index is 6.31. The smallest absolute Gasteiger partial charge is 0.283 e. The zero-order valence-electron chi connectivity index (χ0n) is 15.1. The van der Waals surface area contributed by atoms with Gasteiger partial charge < -0.3 is 24.7 Å². The number of hydrogen-bond donors (Lipinski definition) is 1. The lowest BCUT2D eigenvalue weighted by Crippen LogP contribution is -2.52. The third-order valence-electron chi connectivity index (χ3n) is 5.66. The van der Waals surface area contributed by atoms with Crippen LogP contribution in [0.3, 0.4) is 0 Å². The molecule has 2 N–H and O–H groups in total. The Balaban J connectivity index is 1.65. The molecule has 7 nitrogen and oxygen atoms in total. The lowest BCUT2D eigenvalue weighted by Gasteiger charge is -2.45. The number of nitrogens with zero attached hydrogens (tertiary/aromatic N) is 2. The third kappa shape index (κ3) is 2.53. The van der Waals surface area contributed by atoms with Gasteiger partial charge in [0.05, 0.1) is 32.4 Å². The monoisotopic (exact) mass is 367 g/mol. The van der Waals surface area contributed by atoms with Crippen molar-refractivity contribution in [3.63, 3.8) is 0 Å². The Kier molecular flexibility index (Phi) is 3.72. The lowest BCUT2D eigenvalue weighted by atomic mass is 9.72. The van der Waals surface area contributed by atoms with Crippen molar-refractivity contribution in [1.29, 1.82) is 0 Å². The zero-order valence-corrected chi connectivity index (χ0v) is 15.1. The van der Waals surface area contributed by atoms with E-state index >= 15 is 0 Å². The molecule has 5 rings (SSSR count). The first-order valence-electron chi connectivity index (χ1n) is 9.06. The topological polar surface area (TPSA) is 88.2 Å². The Labute approximate surface area is 157 Å². The molecule has 0 saturated carbocycles. The van der Waals surface area contributed by atoms with Gasteiger partial charge in [0, 0.05) is 23.7 Å². The molecular formula is C20H21N3O4. The second-order valence-corrected chi connectivity index (χ2v) is 7.11. The van der Waals surface area contributed by atoms with Crippen LogP contribution in [0.5, 0.6) is 11.5 Å². The van der Waals surface area contributed by atoms with Crippen LogP contribution < -0.4 is 15.2 Å². The van der Waals surface area contributed by atoms with Gasteiger partial charge in [0.2, 0.25) is 0 Å². The Morgan fingerprint density at radius 1 is 1.22 bits per heavy atom. The molecule has 0 bridgehead atoms. The van der Waals surface area contributed by atoms with Crippen LogP contribution in [0.15, 0.2) is 41.7 Å². The predicted molar refractivity (Wildman–Crippen MR) is 98.8 cm³/mol. The van der Waals surface area contributed by atoms with Crippen LogP contribution in [0.1, 0.15) is 12.0 Å². The summed E-state index contributed by atoms with van der Waals surface area (Å²) < 4.78 is 23.0. The summed E-state index contributed by atoms with van der Waals surface area (Å²) in [4.78, 5) is 9.01. The van der Waals surface area contributed by atoms with Crippen molar-refractivity contribution in [2.75, 3.05) is 26.9 Å². The molecule has 4 heterocycles. The SMILES string of the molecule is COc1cncc(-c2ccc3c(c2)[C@@]2(COC(N)=N2)[C@H]2COCCC2O3)c1. The van der Waals surface area contributed by atoms with E-state index in [2.05, 4.69) is 11.1 Å². The summed E-state index contributed by atoms with van der Waals surface area (Å²) in [5, 5.41) is 0. The van der Waals surface area contributed by atoms with E-state index in [4.69, 9.17) is 29.7 Å². The minimum absolute atomic E-state index is 0.0498. The summed E-state index contributed by atoms with van der Waals surface area (Å²) in [6.07, 6.45) is 4.39. The van der Waals surface area contributed by atoms with Crippen LogP contribution in [0, 0.1) is 5.92 Å². The van der Waals surface area contributed by atoms with E-state index in [0.717, 1.165) is 28.9 Å². The molecule has 140 valence electrons. The summed E-state index contributed by atoms with van der Waals surface area (Å²) in [6, 6.07) is 8.32. The zero-order chi connectivity index (χ0) is 18.4. The molecule has 1 unspecified atom stereocenters. The van der Waals surface area contributed by atoms with Gasteiger partial charge in [-0.15, -0.1) is 0 Å². The van der Waals surface area contributed by atoms with Crippen molar-refractivity contribution in [2.24, 2.45) is 16.6 Å². The van der Waals surface area contributed by atoms with E-state index < -0.39 is 5.54 Å². The molecule has 3 atom stereocenters. The highest BCUT2D eigenvalue weighted by Gasteiger charge is 2.54. The number of aliphatic imine (C=N–C) groups is 1. The maximum atomic E-state index is 6.31. The van der Waals surface area contributed by atoms with E-state index in [9.17, 15) is 0 Å². The molecule has 1 fully saturated rings. The standard InChI is InChI=1S/C20H21N3O4/c1-24-14-6-13(8-22-9-14)12-2-3-17-15(7-12)20(11-26-19(21)23-20)16-10-25-5-4-18(16)27-17/h2-3,6-9,16,18H,4-5,10-11H2,1H3,(H2,21,23)/t16-,18?,20-/m0/s1. The molecular weight excluding hydrogens is 346 g/mol. The average molecular weight is 367 g/mol. The van der Waals surface area contributed by atoms with Crippen molar-refractivity contribution >= 4 is 6.02 Å². The van der Waals surface area contributed by atoms with Crippen LogP contribution in [-0.2, 0) is 15.0 Å². The molecule has 3 aliphatic rings. The molecule has 7 heteroatoms. The Hall–Kier alpha value is -2.80. The highest BCUT2D eigenvalue weighted by molar-refractivity contribution is 5.75. The van der Waals surface area contributed by atoms with Gasteiger partial charge in [0.15, 0.2) is 0 Å². The van der Waals surface area contributed by atoms with Crippen LogP contribution in [0.2, 0.25) is 0 Å². The molecule has 0 aliphatic carbocycles. The van der Waals surface area contributed by atoms with Gasteiger partial charge >= 0.3 is 0 Å². The van der Waals surface area contributed by atoms with E-state index in [0.29, 0.717) is 25.6 Å². The van der Waals surface area contributed by atoms with Crippen molar-refractivity contribution in [2.45, 2.75) is 18.1 Å². The molecule has 2 aromatic rings. The number of benzene rings is 1. The number of pyridine rings is 1. The lowest BCUT2D eigenvalue weighted by molar-refractivity contribution is -0.0726. The quantitative estimate of drug-likeness (QED) is 0.874. The number of nitrogens with two attached hydrogens (primary N) is 1. The van der Waals surface area contributed by atoms with Gasteiger partial charge in [-0.25, -0.2) is 4.99 Å². The highest BCUT2D eigenvalue weighted by atomic mass is 16.5. The summed E-state index contributed by atoms with van der Waals surface area (Å²) in [5.41, 5.74) is 8.31. The van der Waals surface area contributed by atoms with E-state index in [1.807, 2.05) is 24.4 Å². The summed E-state index contributed by atoms with van der Waals surface area (Å²) in [5.74, 6) is 1.61. The predicted octanol–water partition coefficient (Wildman–Crippen LogP) is 2.09. The largest absolute Gasteiger partial charge is 0.495 e. The van der Waals surface area contributed by atoms with Crippen LogP contribution >= 0.6 is 0 Å². The van der Waals surface area contributed by atoms with Gasteiger partial charge in [0.1, 0.15) is 29.7 Å². The van der Waals surface area contributed by atoms with Crippen LogP contribution in [-0.4, -0.2) is 44.0 Å². The average Bonchev–Trinajstić information content (AvgIpc) is 3.10. The number of fused-ring (bicyclic) bond motifs is 4. The van der Waals surface area contributed by atoms with E-state index in [1.54, 1.807) is 13.3 Å². The highest BCUT2D eigenvalue weighted by Crippen LogP contribution is 2.50. The van der Waals surface area contributed by atoms with E-state index in [-0.39, 0.29) is 18.0 Å². The third-order valence-corrected chi connectivity index (χ3v) is 5.66. The van der Waals surface area contributed by atoms with Gasteiger partial charge in [-0.05, 0) is 23.8 Å². The van der Waals surface area contributed by atoms with Crippen LogP contribution in [0.25, 0.3) is 11.1 Å². The molecule has 1 aromatic carbocycles. The molecule has 3 aliphatic heterocycles. The number of amidine groups is 1. The van der Waals surface area contributed by atoms with Gasteiger partial charge in [-0.2, -0.15) is 0 Å². The number of aromatic nitrogens is 1. The molecule has 0 radical (unpaired) electrons. The summed E-state index contributed by atoms with van der Waals surface area (Å²) >= 11 is 0. The molecule has 1 aromatic heterocycles. The van der Waals surface area contributed by atoms with Gasteiger partial charge in [0.25, 0.3) is 6.02 Å². The minimum atomic E-state index is -0.578.